The molecule has 1 fully saturated rings. The molecule has 1 aliphatic heterocycles. The van der Waals surface area contributed by atoms with Crippen LogP contribution >= 0.6 is 31.8 Å². The van der Waals surface area contributed by atoms with E-state index in [1.807, 2.05) is 22.6 Å². The van der Waals surface area contributed by atoms with Crippen LogP contribution in [0.4, 0.5) is 26.3 Å². The van der Waals surface area contributed by atoms with E-state index in [1.54, 1.807) is 0 Å². The van der Waals surface area contributed by atoms with Crippen molar-refractivity contribution in [1.29, 1.82) is 0 Å². The van der Waals surface area contributed by atoms with E-state index in [1.165, 1.54) is 19.2 Å². The Hall–Kier alpha value is -1.20. The molecule has 0 spiro atoms. The SMILES string of the molecule is C=C[C@](P)(CO[C@H](C)c1cc(C(F)(F)F)cc(C(F)(F)F)c1)/N=C\[C@]1(I)CCC(=O)N1. The maximum Gasteiger partial charge on any atom is 0.416 e. The standard InChI is InChI=1S/C19H20F6IN2O2P/c1-3-17(31,27-9-16(26)5-4-15(29)28-16)10-30-11(2)12-6-13(18(20,21)22)8-14(7-12)19(23,24)25/h3,6-9,11H,1,4-5,10,31H2,2H3,(H,28,29)/b27-9-/t11-,16+,17+/m1/s1. The molecule has 1 aromatic rings. The van der Waals surface area contributed by atoms with Crippen LogP contribution in [-0.2, 0) is 21.9 Å². The zero-order valence-corrected chi connectivity index (χ0v) is 19.6. The minimum absolute atomic E-state index is 0.0694. The van der Waals surface area contributed by atoms with Crippen molar-refractivity contribution in [2.45, 2.75) is 47.0 Å². The minimum Gasteiger partial charge on any atom is -0.371 e. The first-order chi connectivity index (χ1) is 14.1. The van der Waals surface area contributed by atoms with Crippen LogP contribution in [0.1, 0.15) is 42.6 Å². The fraction of sp³-hybridized carbons (Fsp3) is 0.474. The van der Waals surface area contributed by atoms with Crippen LogP contribution in [-0.4, -0.2) is 27.6 Å². The summed E-state index contributed by atoms with van der Waals surface area (Å²) in [7, 11) is 2.38. The monoisotopic (exact) mass is 580 g/mol. The van der Waals surface area contributed by atoms with E-state index < -0.39 is 38.4 Å². The molecule has 172 valence electrons. The summed E-state index contributed by atoms with van der Waals surface area (Å²) in [6.45, 7) is 4.83. The predicted octanol–water partition coefficient (Wildman–Crippen LogP) is 5.67. The van der Waals surface area contributed by atoms with Gasteiger partial charge >= 0.3 is 12.4 Å². The molecule has 2 rings (SSSR count). The van der Waals surface area contributed by atoms with Crippen molar-refractivity contribution in [3.05, 3.63) is 47.5 Å². The molecule has 1 amide bonds. The number of nitrogens with one attached hydrogen (secondary N) is 1. The minimum atomic E-state index is -4.94. The Morgan fingerprint density at radius 2 is 1.81 bits per heavy atom. The molecule has 31 heavy (non-hydrogen) atoms. The lowest BCUT2D eigenvalue weighted by Crippen LogP contribution is -2.38. The number of alkyl halides is 7. The molecule has 1 aromatic carbocycles. The Bertz CT molecular complexity index is 844. The highest BCUT2D eigenvalue weighted by Crippen LogP contribution is 2.38. The Morgan fingerprint density at radius 3 is 2.23 bits per heavy atom. The van der Waals surface area contributed by atoms with Crippen LogP contribution in [0.3, 0.4) is 0 Å². The van der Waals surface area contributed by atoms with Gasteiger partial charge in [0.05, 0.1) is 23.8 Å². The summed E-state index contributed by atoms with van der Waals surface area (Å²) in [6, 6.07) is 1.34. The van der Waals surface area contributed by atoms with Gasteiger partial charge in [-0.25, -0.2) is 0 Å². The normalized spacial score (nSPS) is 22.9. The van der Waals surface area contributed by atoms with Crippen molar-refractivity contribution < 1.29 is 35.9 Å². The summed E-state index contributed by atoms with van der Waals surface area (Å²) in [5.74, 6) is -0.122. The number of rotatable bonds is 7. The molecule has 1 N–H and O–H groups in total. The summed E-state index contributed by atoms with van der Waals surface area (Å²) in [5, 5.41) is 1.67. The number of ether oxygens (including phenoxy) is 1. The molecule has 1 unspecified atom stereocenters. The van der Waals surface area contributed by atoms with Gasteiger partial charge in [0.2, 0.25) is 5.91 Å². The maximum atomic E-state index is 13.1. The highest BCUT2D eigenvalue weighted by molar-refractivity contribution is 14.1. The molecule has 4 nitrogen and oxygen atoms in total. The van der Waals surface area contributed by atoms with Crippen molar-refractivity contribution in [3.63, 3.8) is 0 Å². The number of carbonyl (C=O) groups excluding carboxylic acids is 1. The van der Waals surface area contributed by atoms with Gasteiger partial charge < -0.3 is 10.1 Å². The predicted molar refractivity (Wildman–Crippen MR) is 116 cm³/mol. The second kappa shape index (κ2) is 9.35. The van der Waals surface area contributed by atoms with Gasteiger partial charge in [-0.3, -0.25) is 9.79 Å². The van der Waals surface area contributed by atoms with Crippen LogP contribution < -0.4 is 5.32 Å². The van der Waals surface area contributed by atoms with Crippen LogP contribution in [0.5, 0.6) is 0 Å². The molecule has 0 aromatic heterocycles. The van der Waals surface area contributed by atoms with Crippen molar-refractivity contribution in [2.24, 2.45) is 4.99 Å². The Kier molecular flexibility index (Phi) is 7.86. The van der Waals surface area contributed by atoms with Gasteiger partial charge in [0, 0.05) is 12.6 Å². The van der Waals surface area contributed by atoms with Gasteiger partial charge in [-0.1, -0.05) is 6.08 Å². The fourth-order valence-electron chi connectivity index (χ4n) is 2.69. The third-order valence-electron chi connectivity index (χ3n) is 4.57. The summed E-state index contributed by atoms with van der Waals surface area (Å²) in [5.41, 5.74) is -3.08. The fourth-order valence-corrected chi connectivity index (χ4v) is 3.57. The summed E-state index contributed by atoms with van der Waals surface area (Å²) in [6.07, 6.45) is -7.15. The Labute approximate surface area is 191 Å². The molecule has 0 radical (unpaired) electrons. The smallest absolute Gasteiger partial charge is 0.371 e. The van der Waals surface area contributed by atoms with Gasteiger partial charge in [0.1, 0.15) is 8.83 Å². The highest BCUT2D eigenvalue weighted by Gasteiger charge is 2.38. The number of halogens is 7. The highest BCUT2D eigenvalue weighted by atomic mass is 127. The Morgan fingerprint density at radius 1 is 1.26 bits per heavy atom. The molecule has 4 atom stereocenters. The van der Waals surface area contributed by atoms with E-state index in [0.717, 1.165) is 0 Å². The number of carbonyl (C=O) groups is 1. The molecular formula is C19H20F6IN2O2P. The van der Waals surface area contributed by atoms with E-state index in [-0.39, 0.29) is 24.1 Å². The second-order valence-electron chi connectivity index (χ2n) is 7.16. The quantitative estimate of drug-likeness (QED) is 0.0860. The number of hydrogen-bond donors (Lipinski definition) is 1. The van der Waals surface area contributed by atoms with Gasteiger partial charge in [-0.15, -0.1) is 15.8 Å². The number of amides is 1. The van der Waals surface area contributed by atoms with E-state index in [9.17, 15) is 31.1 Å². The molecular weight excluding hydrogens is 560 g/mol. The maximum absolute atomic E-state index is 13.1. The molecule has 0 bridgehead atoms. The molecule has 1 saturated heterocycles. The van der Waals surface area contributed by atoms with Crippen LogP contribution in [0, 0.1) is 0 Å². The first-order valence-corrected chi connectivity index (χ1v) is 10.6. The molecule has 1 heterocycles. The molecule has 1 aliphatic rings. The van der Waals surface area contributed by atoms with Crippen LogP contribution in [0.25, 0.3) is 0 Å². The average molecular weight is 580 g/mol. The topological polar surface area (TPSA) is 50.7 Å². The summed E-state index contributed by atoms with van der Waals surface area (Å²) < 4.78 is 83.3. The summed E-state index contributed by atoms with van der Waals surface area (Å²) >= 11 is 2.03. The third-order valence-corrected chi connectivity index (χ3v) is 6.21. The van der Waals surface area contributed by atoms with Crippen LogP contribution in [0.2, 0.25) is 0 Å². The van der Waals surface area contributed by atoms with Gasteiger partial charge in [0.15, 0.2) is 0 Å². The second-order valence-corrected chi connectivity index (χ2v) is 10.1. The van der Waals surface area contributed by atoms with Crippen molar-refractivity contribution in [1.82, 2.24) is 5.32 Å². The average Bonchev–Trinajstić information content (AvgIpc) is 3.02. The van der Waals surface area contributed by atoms with Gasteiger partial charge in [0.25, 0.3) is 0 Å². The van der Waals surface area contributed by atoms with Crippen LogP contribution in [0.15, 0.2) is 35.8 Å². The number of benzene rings is 1. The molecule has 0 aliphatic carbocycles. The lowest BCUT2D eigenvalue weighted by Gasteiger charge is -2.26. The largest absolute Gasteiger partial charge is 0.416 e. The molecule has 0 saturated carbocycles. The number of nitrogens with zero attached hydrogens (tertiary/aromatic N) is 1. The first kappa shape index (κ1) is 26.1. The van der Waals surface area contributed by atoms with Crippen molar-refractivity contribution >= 4 is 44.0 Å². The first-order valence-electron chi connectivity index (χ1n) is 8.97. The Balaban J connectivity index is 2.20. The van der Waals surface area contributed by atoms with E-state index in [2.05, 4.69) is 26.1 Å². The lowest BCUT2D eigenvalue weighted by atomic mass is 10.0. The van der Waals surface area contributed by atoms with E-state index in [0.29, 0.717) is 25.0 Å². The zero-order chi connectivity index (χ0) is 23.7. The van der Waals surface area contributed by atoms with E-state index >= 15 is 0 Å². The number of aliphatic imine (C=N–C) groups is 1. The van der Waals surface area contributed by atoms with Crippen molar-refractivity contribution in [3.8, 4) is 0 Å². The van der Waals surface area contributed by atoms with E-state index in [4.69, 9.17) is 4.74 Å². The zero-order valence-electron chi connectivity index (χ0n) is 16.3. The van der Waals surface area contributed by atoms with Gasteiger partial charge in [-0.2, -0.15) is 26.3 Å². The van der Waals surface area contributed by atoms with Gasteiger partial charge in [-0.05, 0) is 59.7 Å². The summed E-state index contributed by atoms with van der Waals surface area (Å²) in [4.78, 5) is 15.8. The molecule has 12 heteroatoms. The third kappa shape index (κ3) is 7.15. The number of hydrogen-bond acceptors (Lipinski definition) is 3. The van der Waals surface area contributed by atoms with Crippen molar-refractivity contribution in [2.75, 3.05) is 6.61 Å². The lowest BCUT2D eigenvalue weighted by molar-refractivity contribution is -0.143.